The molecule has 2 amide bonds. The predicted molar refractivity (Wildman–Crippen MR) is 97.3 cm³/mol. The van der Waals surface area contributed by atoms with Crippen LogP contribution >= 0.6 is 0 Å². The number of hydrogen-bond donors (Lipinski definition) is 3. The Kier molecular flexibility index (Phi) is 7.61. The van der Waals surface area contributed by atoms with E-state index in [2.05, 4.69) is 10.6 Å². The molecule has 0 bridgehead atoms. The molecule has 25 heavy (non-hydrogen) atoms. The van der Waals surface area contributed by atoms with Gasteiger partial charge in [0.05, 0.1) is 5.92 Å². The van der Waals surface area contributed by atoms with E-state index in [0.717, 1.165) is 0 Å². The molecule has 0 aromatic heterocycles. The van der Waals surface area contributed by atoms with Crippen molar-refractivity contribution in [1.82, 2.24) is 5.32 Å². The Morgan fingerprint density at radius 3 is 2.24 bits per heavy atom. The van der Waals surface area contributed by atoms with Crippen molar-refractivity contribution in [2.24, 2.45) is 11.8 Å². The second kappa shape index (κ2) is 9.20. The Bertz CT molecular complexity index is 626. The number of nitrogens with one attached hydrogen (secondary N) is 2. The Labute approximate surface area is 149 Å². The summed E-state index contributed by atoms with van der Waals surface area (Å²) in [4.78, 5) is 35.6. The standard InChI is InChI=1S/C19H28N2O4/c1-11(2)9-16(22)21-17(12(3)4)18(23)20-15-8-6-7-14(10-15)13(5)19(24)25/h6-8,10-13,17H,9H2,1-5H3,(H,20,23)(H,21,22)(H,24,25). The minimum Gasteiger partial charge on any atom is -0.481 e. The van der Waals surface area contributed by atoms with E-state index in [0.29, 0.717) is 17.7 Å². The molecule has 6 heteroatoms. The van der Waals surface area contributed by atoms with Crippen LogP contribution in [-0.4, -0.2) is 28.9 Å². The molecule has 1 aromatic carbocycles. The number of hydrogen-bond acceptors (Lipinski definition) is 3. The lowest BCUT2D eigenvalue weighted by Crippen LogP contribution is -2.47. The van der Waals surface area contributed by atoms with Crippen LogP contribution in [0.1, 0.15) is 52.5 Å². The molecule has 0 heterocycles. The Morgan fingerprint density at radius 1 is 1.08 bits per heavy atom. The number of rotatable bonds is 8. The average molecular weight is 348 g/mol. The summed E-state index contributed by atoms with van der Waals surface area (Å²) in [7, 11) is 0. The van der Waals surface area contributed by atoms with E-state index >= 15 is 0 Å². The van der Waals surface area contributed by atoms with Crippen LogP contribution in [0.15, 0.2) is 24.3 Å². The highest BCUT2D eigenvalue weighted by Crippen LogP contribution is 2.20. The van der Waals surface area contributed by atoms with Crippen molar-refractivity contribution in [1.29, 1.82) is 0 Å². The first-order valence-electron chi connectivity index (χ1n) is 8.54. The Hall–Kier alpha value is -2.37. The Balaban J connectivity index is 2.85. The molecule has 138 valence electrons. The molecule has 0 radical (unpaired) electrons. The number of carboxylic acid groups (broad SMARTS) is 1. The molecular formula is C19H28N2O4. The summed E-state index contributed by atoms with van der Waals surface area (Å²) in [5, 5.41) is 14.7. The zero-order valence-electron chi connectivity index (χ0n) is 15.5. The topological polar surface area (TPSA) is 95.5 Å². The minimum absolute atomic E-state index is 0.0720. The fourth-order valence-corrected chi connectivity index (χ4v) is 2.39. The minimum atomic E-state index is -0.926. The summed E-state index contributed by atoms with van der Waals surface area (Å²) >= 11 is 0. The summed E-state index contributed by atoms with van der Waals surface area (Å²) in [6, 6.07) is 6.10. The third-order valence-corrected chi connectivity index (χ3v) is 3.88. The monoisotopic (exact) mass is 348 g/mol. The van der Waals surface area contributed by atoms with Gasteiger partial charge >= 0.3 is 5.97 Å². The van der Waals surface area contributed by atoms with E-state index in [1.165, 1.54) is 0 Å². The summed E-state index contributed by atoms with van der Waals surface area (Å²) in [5.74, 6) is -1.92. The van der Waals surface area contributed by atoms with Gasteiger partial charge in [-0.15, -0.1) is 0 Å². The highest BCUT2D eigenvalue weighted by molar-refractivity contribution is 5.97. The van der Waals surface area contributed by atoms with E-state index in [-0.39, 0.29) is 23.7 Å². The number of benzene rings is 1. The largest absolute Gasteiger partial charge is 0.481 e. The second-order valence-electron chi connectivity index (χ2n) is 7.06. The van der Waals surface area contributed by atoms with Gasteiger partial charge in [0.1, 0.15) is 6.04 Å². The van der Waals surface area contributed by atoms with Gasteiger partial charge in [-0.2, -0.15) is 0 Å². The predicted octanol–water partition coefficient (Wildman–Crippen LogP) is 3.00. The summed E-state index contributed by atoms with van der Waals surface area (Å²) in [6.45, 7) is 9.20. The Morgan fingerprint density at radius 2 is 1.72 bits per heavy atom. The van der Waals surface area contributed by atoms with Crippen LogP contribution < -0.4 is 10.6 Å². The van der Waals surface area contributed by atoms with Gasteiger partial charge in [0.25, 0.3) is 0 Å². The van der Waals surface area contributed by atoms with Gasteiger partial charge in [0, 0.05) is 12.1 Å². The lowest BCUT2D eigenvalue weighted by Gasteiger charge is -2.22. The molecule has 2 atom stereocenters. The molecule has 0 aliphatic heterocycles. The van der Waals surface area contributed by atoms with Crippen LogP contribution in [0, 0.1) is 11.8 Å². The second-order valence-corrected chi connectivity index (χ2v) is 7.06. The normalized spacial score (nSPS) is 13.4. The maximum Gasteiger partial charge on any atom is 0.310 e. The number of aliphatic carboxylic acids is 1. The first kappa shape index (κ1) is 20.7. The third kappa shape index (κ3) is 6.57. The van der Waals surface area contributed by atoms with Crippen LogP contribution in [0.2, 0.25) is 0 Å². The van der Waals surface area contributed by atoms with Gasteiger partial charge in [-0.1, -0.05) is 39.8 Å². The van der Waals surface area contributed by atoms with Crippen molar-refractivity contribution in [2.45, 2.75) is 53.0 Å². The molecule has 0 spiro atoms. The van der Waals surface area contributed by atoms with E-state index < -0.39 is 17.9 Å². The average Bonchev–Trinajstić information content (AvgIpc) is 2.50. The van der Waals surface area contributed by atoms with E-state index in [1.54, 1.807) is 31.2 Å². The highest BCUT2D eigenvalue weighted by atomic mass is 16.4. The van der Waals surface area contributed by atoms with Crippen LogP contribution in [0.5, 0.6) is 0 Å². The molecule has 1 aromatic rings. The quantitative estimate of drug-likeness (QED) is 0.673. The molecule has 0 saturated heterocycles. The van der Waals surface area contributed by atoms with Crippen LogP contribution in [-0.2, 0) is 14.4 Å². The first-order chi connectivity index (χ1) is 11.6. The van der Waals surface area contributed by atoms with Crippen LogP contribution in [0.4, 0.5) is 5.69 Å². The molecule has 0 aliphatic rings. The van der Waals surface area contributed by atoms with Gasteiger partial charge in [-0.25, -0.2) is 0 Å². The van der Waals surface area contributed by atoms with Crippen LogP contribution in [0.25, 0.3) is 0 Å². The summed E-state index contributed by atoms with van der Waals surface area (Å²) < 4.78 is 0. The molecular weight excluding hydrogens is 320 g/mol. The maximum atomic E-state index is 12.5. The van der Waals surface area contributed by atoms with Crippen LogP contribution in [0.3, 0.4) is 0 Å². The van der Waals surface area contributed by atoms with Crippen molar-refractivity contribution in [3.05, 3.63) is 29.8 Å². The van der Waals surface area contributed by atoms with Gasteiger partial charge in [-0.05, 0) is 36.5 Å². The van der Waals surface area contributed by atoms with E-state index in [1.807, 2.05) is 27.7 Å². The maximum absolute atomic E-state index is 12.5. The summed E-state index contributed by atoms with van der Waals surface area (Å²) in [6.07, 6.45) is 0.363. The molecule has 2 unspecified atom stereocenters. The zero-order valence-corrected chi connectivity index (χ0v) is 15.5. The van der Waals surface area contributed by atoms with E-state index in [9.17, 15) is 14.4 Å². The molecule has 0 aliphatic carbocycles. The van der Waals surface area contributed by atoms with E-state index in [4.69, 9.17) is 5.11 Å². The fourth-order valence-electron chi connectivity index (χ4n) is 2.39. The van der Waals surface area contributed by atoms with Crippen molar-refractivity contribution in [2.75, 3.05) is 5.32 Å². The zero-order chi connectivity index (χ0) is 19.1. The highest BCUT2D eigenvalue weighted by Gasteiger charge is 2.24. The molecule has 6 nitrogen and oxygen atoms in total. The van der Waals surface area contributed by atoms with Crippen molar-refractivity contribution in [3.8, 4) is 0 Å². The molecule has 0 saturated carbocycles. The van der Waals surface area contributed by atoms with Gasteiger partial charge in [0.2, 0.25) is 11.8 Å². The summed E-state index contributed by atoms with van der Waals surface area (Å²) in [5.41, 5.74) is 1.12. The van der Waals surface area contributed by atoms with Gasteiger partial charge < -0.3 is 15.7 Å². The first-order valence-corrected chi connectivity index (χ1v) is 8.54. The number of anilines is 1. The smallest absolute Gasteiger partial charge is 0.310 e. The van der Waals surface area contributed by atoms with Crippen molar-refractivity contribution < 1.29 is 19.5 Å². The number of carbonyl (C=O) groups is 3. The molecule has 0 fully saturated rings. The lowest BCUT2D eigenvalue weighted by molar-refractivity contribution is -0.138. The SMILES string of the molecule is CC(C)CC(=O)NC(C(=O)Nc1cccc(C(C)C(=O)O)c1)C(C)C. The molecule has 3 N–H and O–H groups in total. The number of amides is 2. The fraction of sp³-hybridized carbons (Fsp3) is 0.526. The third-order valence-electron chi connectivity index (χ3n) is 3.88. The lowest BCUT2D eigenvalue weighted by atomic mass is 10.00. The van der Waals surface area contributed by atoms with Gasteiger partial charge in [-0.3, -0.25) is 14.4 Å². The molecule has 1 rings (SSSR count). The number of carbonyl (C=O) groups excluding carboxylic acids is 2. The van der Waals surface area contributed by atoms with Crippen molar-refractivity contribution in [3.63, 3.8) is 0 Å². The van der Waals surface area contributed by atoms with Crippen molar-refractivity contribution >= 4 is 23.5 Å². The number of carboxylic acids is 1. The van der Waals surface area contributed by atoms with Gasteiger partial charge in [0.15, 0.2) is 0 Å².